The first-order chi connectivity index (χ1) is 20.6. The number of pyridine rings is 1. The van der Waals surface area contributed by atoms with Crippen molar-refractivity contribution in [3.63, 3.8) is 0 Å². The van der Waals surface area contributed by atoms with Crippen molar-refractivity contribution in [1.82, 2.24) is 15.2 Å². The Morgan fingerprint density at radius 2 is 1.77 bits per heavy atom. The average molecular weight is 604 g/mol. The zero-order chi connectivity index (χ0) is 31.2. The number of hydrogen-bond donors (Lipinski definition) is 2. The van der Waals surface area contributed by atoms with E-state index in [1.807, 2.05) is 35.2 Å². The first kappa shape index (κ1) is 33.8. The normalized spacial score (nSPS) is 12.3. The molecule has 0 saturated heterocycles. The van der Waals surface area contributed by atoms with E-state index >= 15 is 0 Å². The highest BCUT2D eigenvalue weighted by atomic mass is 19.4. The van der Waals surface area contributed by atoms with Crippen LogP contribution in [0, 0.1) is 0 Å². The molecule has 0 aliphatic carbocycles. The van der Waals surface area contributed by atoms with Gasteiger partial charge in [0.1, 0.15) is 0 Å². The van der Waals surface area contributed by atoms with Crippen LogP contribution in [0.5, 0.6) is 5.75 Å². The second-order valence-corrected chi connectivity index (χ2v) is 10.4. The molecule has 1 amide bonds. The molecule has 11 heteroatoms. The Labute approximate surface area is 249 Å². The molecule has 0 fully saturated rings. The van der Waals surface area contributed by atoms with Gasteiger partial charge in [-0.05, 0) is 56.0 Å². The van der Waals surface area contributed by atoms with E-state index in [1.165, 1.54) is 23.8 Å². The number of halogens is 3. The van der Waals surface area contributed by atoms with Crippen LogP contribution in [0.15, 0.2) is 59.4 Å². The van der Waals surface area contributed by atoms with E-state index in [9.17, 15) is 27.6 Å². The summed E-state index contributed by atoms with van der Waals surface area (Å²) in [7, 11) is 0. The molecule has 2 N–H and O–H groups in total. The number of alkyl halides is 3. The maximum absolute atomic E-state index is 13.1. The van der Waals surface area contributed by atoms with Gasteiger partial charge in [0.05, 0.1) is 25.2 Å². The smallest absolute Gasteiger partial charge is 0.418 e. The number of unbranched alkanes of at least 4 members (excludes halogenated alkanes) is 1. The lowest BCUT2D eigenvalue weighted by Crippen LogP contribution is -2.43. The van der Waals surface area contributed by atoms with E-state index in [0.717, 1.165) is 31.2 Å². The van der Waals surface area contributed by atoms with Crippen LogP contribution in [0.2, 0.25) is 0 Å². The van der Waals surface area contributed by atoms with E-state index in [2.05, 4.69) is 28.9 Å². The van der Waals surface area contributed by atoms with E-state index in [4.69, 9.17) is 4.74 Å². The zero-order valence-corrected chi connectivity index (χ0v) is 24.7. The van der Waals surface area contributed by atoms with E-state index in [-0.39, 0.29) is 23.2 Å². The maximum atomic E-state index is 13.1. The van der Waals surface area contributed by atoms with Gasteiger partial charge in [0.25, 0.3) is 0 Å². The Morgan fingerprint density at radius 1 is 1.00 bits per heavy atom. The van der Waals surface area contributed by atoms with Gasteiger partial charge in [-0.15, -0.1) is 0 Å². The molecule has 0 spiro atoms. The Morgan fingerprint density at radius 3 is 2.49 bits per heavy atom. The second kappa shape index (κ2) is 16.8. The number of hydrogen-bond acceptors (Lipinski definition) is 6. The summed E-state index contributed by atoms with van der Waals surface area (Å²) in [4.78, 5) is 40.7. The van der Waals surface area contributed by atoms with E-state index < -0.39 is 17.7 Å². The number of ether oxygens (including phenoxy) is 2. The quantitative estimate of drug-likeness (QED) is 0.125. The minimum absolute atomic E-state index is 0.0232. The Hall–Kier alpha value is -3.70. The lowest BCUT2D eigenvalue weighted by atomic mass is 10.0. The molecule has 0 aliphatic heterocycles. The zero-order valence-electron chi connectivity index (χ0n) is 24.7. The molecule has 1 atom stereocenters. The molecule has 3 rings (SSSR count). The predicted octanol–water partition coefficient (Wildman–Crippen LogP) is 5.18. The van der Waals surface area contributed by atoms with Crippen LogP contribution >= 0.6 is 0 Å². The standard InChI is InChI=1S/C32H40F3N3O5/c1-3-4-8-23(2)38(29(40)17-22-42-21-16-24-9-6-5-7-10-24)20-19-36-18-15-25-11-13-27(43-31(41)32(33,34)35)30-26(25)12-14-28(39)37-30/h5-7,9-14,23,36H,3-4,8,15-22H2,1-2H3,(H,37,39)/t23-/m1/s1. The summed E-state index contributed by atoms with van der Waals surface area (Å²) in [5, 5.41) is 3.81. The summed E-state index contributed by atoms with van der Waals surface area (Å²) in [5.74, 6) is -2.69. The van der Waals surface area contributed by atoms with Gasteiger partial charge in [0.2, 0.25) is 11.5 Å². The van der Waals surface area contributed by atoms with E-state index in [1.54, 1.807) is 6.07 Å². The Balaban J connectivity index is 1.52. The molecule has 0 aliphatic rings. The maximum Gasteiger partial charge on any atom is 0.491 e. The first-order valence-electron chi connectivity index (χ1n) is 14.7. The van der Waals surface area contributed by atoms with Gasteiger partial charge < -0.3 is 24.7 Å². The molecule has 1 aromatic heterocycles. The van der Waals surface area contributed by atoms with Crippen molar-refractivity contribution in [1.29, 1.82) is 0 Å². The molecule has 0 bridgehead atoms. The van der Waals surface area contributed by atoms with Gasteiger partial charge in [-0.3, -0.25) is 9.59 Å². The largest absolute Gasteiger partial charge is 0.491 e. The van der Waals surface area contributed by atoms with Crippen LogP contribution in [0.1, 0.15) is 50.7 Å². The summed E-state index contributed by atoms with van der Waals surface area (Å²) in [6.45, 7) is 6.68. The van der Waals surface area contributed by atoms with E-state index in [0.29, 0.717) is 51.1 Å². The van der Waals surface area contributed by atoms with Crippen molar-refractivity contribution in [2.75, 3.05) is 32.8 Å². The average Bonchev–Trinajstić information content (AvgIpc) is 2.98. The fourth-order valence-electron chi connectivity index (χ4n) is 4.78. The number of carbonyl (C=O) groups is 2. The molecule has 0 saturated carbocycles. The third-order valence-electron chi connectivity index (χ3n) is 7.15. The van der Waals surface area contributed by atoms with Crippen LogP contribution < -0.4 is 15.6 Å². The van der Waals surface area contributed by atoms with Crippen molar-refractivity contribution >= 4 is 22.8 Å². The summed E-state index contributed by atoms with van der Waals surface area (Å²) in [6.07, 6.45) is -0.598. The number of carbonyl (C=O) groups excluding carboxylic acids is 2. The number of H-pyrrole nitrogens is 1. The number of aromatic nitrogens is 1. The van der Waals surface area contributed by atoms with Crippen LogP contribution in [0.25, 0.3) is 10.9 Å². The highest BCUT2D eigenvalue weighted by Gasteiger charge is 2.41. The lowest BCUT2D eigenvalue weighted by Gasteiger charge is -2.30. The van der Waals surface area contributed by atoms with Crippen LogP contribution in [-0.2, 0) is 27.2 Å². The van der Waals surface area contributed by atoms with Gasteiger partial charge >= 0.3 is 12.1 Å². The van der Waals surface area contributed by atoms with Crippen molar-refractivity contribution in [2.24, 2.45) is 0 Å². The van der Waals surface area contributed by atoms with Gasteiger partial charge in [-0.25, -0.2) is 4.79 Å². The number of aromatic amines is 1. The molecule has 234 valence electrons. The molecular formula is C32H40F3N3O5. The predicted molar refractivity (Wildman–Crippen MR) is 159 cm³/mol. The summed E-state index contributed by atoms with van der Waals surface area (Å²) in [5.41, 5.74) is 1.44. The number of fused-ring (bicyclic) bond motifs is 1. The number of amides is 1. The fraction of sp³-hybridized carbons (Fsp3) is 0.469. The van der Waals surface area contributed by atoms with Gasteiger partial charge in [0.15, 0.2) is 5.75 Å². The van der Waals surface area contributed by atoms with Crippen molar-refractivity contribution in [3.8, 4) is 5.75 Å². The molecule has 43 heavy (non-hydrogen) atoms. The second-order valence-electron chi connectivity index (χ2n) is 10.4. The van der Waals surface area contributed by atoms with Gasteiger partial charge in [-0.1, -0.05) is 56.2 Å². The summed E-state index contributed by atoms with van der Waals surface area (Å²) in [6, 6.07) is 15.7. The molecular weight excluding hydrogens is 563 g/mol. The van der Waals surface area contributed by atoms with Crippen LogP contribution in [0.3, 0.4) is 0 Å². The Kier molecular flexibility index (Phi) is 13.2. The molecule has 8 nitrogen and oxygen atoms in total. The molecule has 2 aromatic carbocycles. The SMILES string of the molecule is CCCC[C@@H](C)N(CCNCCc1ccc(OC(=O)C(F)(F)F)c2[nH]c(=O)ccc12)C(=O)CCOCCc1ccccc1. The highest BCUT2D eigenvalue weighted by Crippen LogP contribution is 2.28. The number of esters is 1. The monoisotopic (exact) mass is 603 g/mol. The highest BCUT2D eigenvalue weighted by molar-refractivity contribution is 5.90. The van der Waals surface area contributed by atoms with Crippen molar-refractivity contribution in [2.45, 2.75) is 64.6 Å². The van der Waals surface area contributed by atoms with Crippen molar-refractivity contribution < 1.29 is 32.2 Å². The molecule has 0 unspecified atom stereocenters. The number of benzene rings is 2. The number of rotatable bonds is 17. The number of nitrogens with one attached hydrogen (secondary N) is 2. The molecule has 0 radical (unpaired) electrons. The summed E-state index contributed by atoms with van der Waals surface area (Å²) < 4.78 is 48.4. The van der Waals surface area contributed by atoms with Crippen LogP contribution in [-0.4, -0.2) is 66.8 Å². The third kappa shape index (κ3) is 10.8. The molecule has 3 aromatic rings. The third-order valence-corrected chi connectivity index (χ3v) is 7.15. The van der Waals surface area contributed by atoms with Gasteiger partial charge in [-0.2, -0.15) is 13.2 Å². The minimum Gasteiger partial charge on any atom is -0.418 e. The fourth-order valence-corrected chi connectivity index (χ4v) is 4.78. The Bertz CT molecular complexity index is 1380. The molecule has 1 heterocycles. The topological polar surface area (TPSA) is 101 Å². The number of nitrogens with zero attached hydrogens (tertiary/aromatic N) is 1. The van der Waals surface area contributed by atoms with Crippen molar-refractivity contribution in [3.05, 3.63) is 76.1 Å². The minimum atomic E-state index is -5.16. The summed E-state index contributed by atoms with van der Waals surface area (Å²) >= 11 is 0. The first-order valence-corrected chi connectivity index (χ1v) is 14.7. The van der Waals surface area contributed by atoms with Crippen LogP contribution in [0.4, 0.5) is 13.2 Å². The lowest BCUT2D eigenvalue weighted by molar-refractivity contribution is -0.189. The van der Waals surface area contributed by atoms with Gasteiger partial charge in [0, 0.05) is 30.6 Å².